The summed E-state index contributed by atoms with van der Waals surface area (Å²) in [5.41, 5.74) is 0. The molecule has 1 aliphatic rings. The Bertz CT molecular complexity index is 320. The number of carboxylic acids is 1. The molecule has 2 amide bonds. The summed E-state index contributed by atoms with van der Waals surface area (Å²) < 4.78 is 0. The van der Waals surface area contributed by atoms with Gasteiger partial charge < -0.3 is 20.6 Å². The zero-order chi connectivity index (χ0) is 14.4. The van der Waals surface area contributed by atoms with Gasteiger partial charge in [0.2, 0.25) is 0 Å². The number of amides is 2. The number of rotatable bonds is 6. The highest BCUT2D eigenvalue weighted by atomic mass is 16.4. The van der Waals surface area contributed by atoms with Gasteiger partial charge >= 0.3 is 12.0 Å². The molecule has 6 heteroatoms. The maximum atomic E-state index is 11.7. The third kappa shape index (κ3) is 5.06. The number of nitrogens with zero attached hydrogens (tertiary/aromatic N) is 1. The van der Waals surface area contributed by atoms with E-state index in [1.807, 2.05) is 0 Å². The van der Waals surface area contributed by atoms with E-state index < -0.39 is 18.0 Å². The molecule has 0 radical (unpaired) electrons. The lowest BCUT2D eigenvalue weighted by molar-refractivity contribution is -0.140. The Kier molecular flexibility index (Phi) is 6.08. The van der Waals surface area contributed by atoms with Gasteiger partial charge in [-0.25, -0.2) is 9.59 Å². The van der Waals surface area contributed by atoms with Crippen LogP contribution in [0.25, 0.3) is 0 Å². The number of carbonyl (C=O) groups is 2. The molecular formula is C13H25N3O3. The molecule has 0 aliphatic carbocycles. The Hall–Kier alpha value is -1.30. The van der Waals surface area contributed by atoms with Crippen LogP contribution in [-0.2, 0) is 4.79 Å². The third-order valence-electron chi connectivity index (χ3n) is 3.59. The number of hydrogen-bond acceptors (Lipinski definition) is 3. The van der Waals surface area contributed by atoms with E-state index in [1.165, 1.54) is 0 Å². The Morgan fingerprint density at radius 3 is 2.58 bits per heavy atom. The van der Waals surface area contributed by atoms with E-state index in [9.17, 15) is 9.59 Å². The van der Waals surface area contributed by atoms with Crippen molar-refractivity contribution in [3.63, 3.8) is 0 Å². The fourth-order valence-corrected chi connectivity index (χ4v) is 2.31. The Balaban J connectivity index is 2.29. The summed E-state index contributed by atoms with van der Waals surface area (Å²) in [6.45, 7) is 9.40. The zero-order valence-electron chi connectivity index (χ0n) is 12.0. The van der Waals surface area contributed by atoms with Crippen LogP contribution < -0.4 is 10.6 Å². The lowest BCUT2D eigenvalue weighted by Gasteiger charge is -2.19. The number of urea groups is 1. The first-order valence-electron chi connectivity index (χ1n) is 6.93. The van der Waals surface area contributed by atoms with Crippen molar-refractivity contribution < 1.29 is 14.7 Å². The maximum Gasteiger partial charge on any atom is 0.326 e. The molecule has 3 N–H and O–H groups in total. The summed E-state index contributed by atoms with van der Waals surface area (Å²) in [5, 5.41) is 14.3. The fourth-order valence-electron chi connectivity index (χ4n) is 2.31. The smallest absolute Gasteiger partial charge is 0.326 e. The number of carboxylic acid groups (broad SMARTS) is 1. The molecule has 19 heavy (non-hydrogen) atoms. The molecule has 6 nitrogen and oxygen atoms in total. The van der Waals surface area contributed by atoms with Crippen LogP contribution in [0.1, 0.15) is 27.2 Å². The number of nitrogens with one attached hydrogen (secondary N) is 2. The average Bonchev–Trinajstić information content (AvgIpc) is 2.80. The Labute approximate surface area is 114 Å². The van der Waals surface area contributed by atoms with Crippen LogP contribution in [-0.4, -0.2) is 54.2 Å². The summed E-state index contributed by atoms with van der Waals surface area (Å²) in [4.78, 5) is 25.0. The molecule has 0 aromatic heterocycles. The molecule has 0 spiro atoms. The number of carbonyl (C=O) groups excluding carboxylic acids is 1. The number of aliphatic carboxylic acids is 1. The second-order valence-electron chi connectivity index (χ2n) is 5.46. The standard InChI is InChI=1S/C13H25N3O3/c1-4-16-6-5-10(8-16)7-14-13(19)15-11(9(2)3)12(17)18/h9-11H,4-8H2,1-3H3,(H,17,18)(H2,14,15,19). The molecule has 0 saturated carbocycles. The van der Waals surface area contributed by atoms with E-state index in [0.717, 1.165) is 26.1 Å². The van der Waals surface area contributed by atoms with E-state index in [0.29, 0.717) is 12.5 Å². The predicted octanol–water partition coefficient (Wildman–Crippen LogP) is 0.737. The van der Waals surface area contributed by atoms with Gasteiger partial charge in [-0.3, -0.25) is 0 Å². The molecule has 1 rings (SSSR count). The van der Waals surface area contributed by atoms with Crippen molar-refractivity contribution in [3.8, 4) is 0 Å². The number of likely N-dealkylation sites (tertiary alicyclic amines) is 1. The first-order valence-corrected chi connectivity index (χ1v) is 6.93. The minimum atomic E-state index is -0.997. The third-order valence-corrected chi connectivity index (χ3v) is 3.59. The van der Waals surface area contributed by atoms with Gasteiger partial charge in [0.15, 0.2) is 0 Å². The maximum absolute atomic E-state index is 11.7. The first kappa shape index (κ1) is 15.8. The van der Waals surface area contributed by atoms with E-state index in [1.54, 1.807) is 13.8 Å². The van der Waals surface area contributed by atoms with Crippen LogP contribution >= 0.6 is 0 Å². The molecule has 0 aromatic carbocycles. The normalized spacial score (nSPS) is 21.4. The quantitative estimate of drug-likeness (QED) is 0.665. The lowest BCUT2D eigenvalue weighted by Crippen LogP contribution is -2.49. The van der Waals surface area contributed by atoms with Crippen LogP contribution in [0.2, 0.25) is 0 Å². The molecule has 1 heterocycles. The van der Waals surface area contributed by atoms with Crippen LogP contribution in [0, 0.1) is 11.8 Å². The van der Waals surface area contributed by atoms with Crippen molar-refractivity contribution in [2.24, 2.45) is 11.8 Å². The molecular weight excluding hydrogens is 246 g/mol. The van der Waals surface area contributed by atoms with E-state index in [2.05, 4.69) is 22.5 Å². The second kappa shape index (κ2) is 7.33. The van der Waals surface area contributed by atoms with Crippen molar-refractivity contribution in [2.75, 3.05) is 26.2 Å². The number of hydrogen-bond donors (Lipinski definition) is 3. The highest BCUT2D eigenvalue weighted by molar-refractivity contribution is 5.82. The summed E-state index contributed by atoms with van der Waals surface area (Å²) in [6.07, 6.45) is 1.08. The summed E-state index contributed by atoms with van der Waals surface area (Å²) in [7, 11) is 0. The van der Waals surface area contributed by atoms with Gasteiger partial charge in [0, 0.05) is 13.1 Å². The SMILES string of the molecule is CCN1CCC(CNC(=O)NC(C(=O)O)C(C)C)C1. The van der Waals surface area contributed by atoms with Crippen molar-refractivity contribution in [3.05, 3.63) is 0 Å². The average molecular weight is 271 g/mol. The minimum Gasteiger partial charge on any atom is -0.480 e. The predicted molar refractivity (Wildman–Crippen MR) is 73.0 cm³/mol. The van der Waals surface area contributed by atoms with Crippen LogP contribution in [0.4, 0.5) is 4.79 Å². The molecule has 1 fully saturated rings. The lowest BCUT2D eigenvalue weighted by atomic mass is 10.1. The first-order chi connectivity index (χ1) is 8.93. The molecule has 0 bridgehead atoms. The summed E-state index contributed by atoms with van der Waals surface area (Å²) in [5.74, 6) is -0.665. The molecule has 2 unspecified atom stereocenters. The summed E-state index contributed by atoms with van der Waals surface area (Å²) in [6, 6.07) is -1.23. The molecule has 0 aromatic rings. The van der Waals surface area contributed by atoms with Crippen molar-refractivity contribution in [2.45, 2.75) is 33.2 Å². The van der Waals surface area contributed by atoms with Crippen molar-refractivity contribution >= 4 is 12.0 Å². The van der Waals surface area contributed by atoms with Gasteiger partial charge in [-0.15, -0.1) is 0 Å². The van der Waals surface area contributed by atoms with Gasteiger partial charge in [0.1, 0.15) is 6.04 Å². The highest BCUT2D eigenvalue weighted by Crippen LogP contribution is 2.14. The zero-order valence-corrected chi connectivity index (χ0v) is 12.0. The fraction of sp³-hybridized carbons (Fsp3) is 0.846. The molecule has 1 saturated heterocycles. The van der Waals surface area contributed by atoms with Gasteiger partial charge in [-0.1, -0.05) is 20.8 Å². The molecule has 2 atom stereocenters. The van der Waals surface area contributed by atoms with Crippen LogP contribution in [0.3, 0.4) is 0 Å². The second-order valence-corrected chi connectivity index (χ2v) is 5.46. The molecule has 1 aliphatic heterocycles. The minimum absolute atomic E-state index is 0.134. The Morgan fingerprint density at radius 1 is 1.42 bits per heavy atom. The van der Waals surface area contributed by atoms with Crippen LogP contribution in [0.15, 0.2) is 0 Å². The van der Waals surface area contributed by atoms with E-state index in [4.69, 9.17) is 5.11 Å². The Morgan fingerprint density at radius 2 is 2.11 bits per heavy atom. The van der Waals surface area contributed by atoms with Gasteiger partial charge in [0.05, 0.1) is 0 Å². The van der Waals surface area contributed by atoms with Crippen molar-refractivity contribution in [1.82, 2.24) is 15.5 Å². The van der Waals surface area contributed by atoms with Gasteiger partial charge in [-0.2, -0.15) is 0 Å². The van der Waals surface area contributed by atoms with Gasteiger partial charge in [0.25, 0.3) is 0 Å². The topological polar surface area (TPSA) is 81.7 Å². The van der Waals surface area contributed by atoms with Crippen LogP contribution in [0.5, 0.6) is 0 Å². The van der Waals surface area contributed by atoms with E-state index >= 15 is 0 Å². The largest absolute Gasteiger partial charge is 0.480 e. The van der Waals surface area contributed by atoms with E-state index in [-0.39, 0.29) is 5.92 Å². The van der Waals surface area contributed by atoms with Crippen molar-refractivity contribution in [1.29, 1.82) is 0 Å². The highest BCUT2D eigenvalue weighted by Gasteiger charge is 2.25. The monoisotopic (exact) mass is 271 g/mol. The molecule has 110 valence electrons. The van der Waals surface area contributed by atoms with Gasteiger partial charge in [-0.05, 0) is 31.3 Å². The summed E-state index contributed by atoms with van der Waals surface area (Å²) >= 11 is 0.